The number of hydrogen-bond donors (Lipinski definition) is 2. The van der Waals surface area contributed by atoms with Gasteiger partial charge in [0.05, 0.1) is 22.4 Å². The molecule has 0 spiro atoms. The van der Waals surface area contributed by atoms with Crippen LogP contribution >= 0.6 is 11.3 Å². The molecule has 0 aliphatic carbocycles. The van der Waals surface area contributed by atoms with Crippen LogP contribution < -0.4 is 5.32 Å². The molecule has 0 saturated carbocycles. The Bertz CT molecular complexity index is 932. The van der Waals surface area contributed by atoms with E-state index in [1.807, 2.05) is 24.3 Å². The molecule has 6 nitrogen and oxygen atoms in total. The molecule has 0 bridgehead atoms. The van der Waals surface area contributed by atoms with E-state index < -0.39 is 11.4 Å². The molecule has 1 aromatic heterocycles. The summed E-state index contributed by atoms with van der Waals surface area (Å²) >= 11 is 1.09. The minimum absolute atomic E-state index is 0.244. The number of fused-ring (bicyclic) bond motifs is 2. The predicted molar refractivity (Wildman–Crippen MR) is 110 cm³/mol. The molecule has 2 aromatic rings. The zero-order valence-corrected chi connectivity index (χ0v) is 16.7. The number of rotatable bonds is 3. The molecule has 1 fully saturated rings. The highest BCUT2D eigenvalue weighted by Gasteiger charge is 2.32. The van der Waals surface area contributed by atoms with Crippen molar-refractivity contribution in [2.24, 2.45) is 10.4 Å². The van der Waals surface area contributed by atoms with Gasteiger partial charge >= 0.3 is 5.97 Å². The minimum Gasteiger partial charge on any atom is -0.481 e. The van der Waals surface area contributed by atoms with Crippen LogP contribution in [-0.2, 0) is 4.79 Å². The van der Waals surface area contributed by atoms with Crippen LogP contribution in [0.15, 0.2) is 35.3 Å². The van der Waals surface area contributed by atoms with Gasteiger partial charge in [-0.05, 0) is 32.0 Å². The number of carboxylic acid groups (broad SMARTS) is 1. The fourth-order valence-corrected chi connectivity index (χ4v) is 4.37. The number of anilines is 2. The number of nitrogens with one attached hydrogen (secondary N) is 1. The van der Waals surface area contributed by atoms with Crippen molar-refractivity contribution in [1.29, 1.82) is 0 Å². The van der Waals surface area contributed by atoms with Crippen LogP contribution in [0.5, 0.6) is 0 Å². The third kappa shape index (κ3) is 3.62. The van der Waals surface area contributed by atoms with E-state index in [0.29, 0.717) is 19.6 Å². The summed E-state index contributed by atoms with van der Waals surface area (Å²) in [6, 6.07) is 9.29. The van der Waals surface area contributed by atoms with Gasteiger partial charge in [0.1, 0.15) is 10.8 Å². The van der Waals surface area contributed by atoms with Gasteiger partial charge in [0, 0.05) is 32.7 Å². The number of benzene rings is 1. The van der Waals surface area contributed by atoms with Crippen LogP contribution in [0.1, 0.15) is 19.4 Å². The van der Waals surface area contributed by atoms with Gasteiger partial charge in [0.15, 0.2) is 5.13 Å². The third-order valence-corrected chi connectivity index (χ3v) is 6.03. The zero-order chi connectivity index (χ0) is 19.9. The van der Waals surface area contributed by atoms with Crippen LogP contribution in [0, 0.1) is 10.5 Å². The highest BCUT2D eigenvalue weighted by atomic mass is 32.1. The van der Waals surface area contributed by atoms with E-state index in [2.05, 4.69) is 15.1 Å². The maximum atomic E-state index is 14.0. The number of carboxylic acids is 1. The van der Waals surface area contributed by atoms with Gasteiger partial charge in [-0.15, -0.1) is 0 Å². The summed E-state index contributed by atoms with van der Waals surface area (Å²) in [5.74, 6) is -0.0195. The SMILES string of the molecule is CC(C)(CN1CCN(C2=Nc3ccccc3Nc3sc(F)cc32)CC1)C(=O)O. The number of amidine groups is 1. The molecule has 1 aromatic carbocycles. The maximum Gasteiger partial charge on any atom is 0.310 e. The summed E-state index contributed by atoms with van der Waals surface area (Å²) in [4.78, 5) is 20.6. The number of nitrogens with zero attached hydrogens (tertiary/aromatic N) is 3. The van der Waals surface area contributed by atoms with Crippen LogP contribution in [0.2, 0.25) is 0 Å². The molecule has 28 heavy (non-hydrogen) atoms. The maximum absolute atomic E-state index is 14.0. The van der Waals surface area contributed by atoms with Crippen molar-refractivity contribution in [3.8, 4) is 0 Å². The average Bonchev–Trinajstić information content (AvgIpc) is 2.94. The standard InChI is InChI=1S/C20H23FN4O2S/c1-20(2,19(26)27)12-24-7-9-25(10-8-24)17-13-11-16(21)28-18(13)23-15-6-4-3-5-14(15)22-17/h3-6,11,23H,7-10,12H2,1-2H3,(H,26,27). The molecule has 2 N–H and O–H groups in total. The van der Waals surface area contributed by atoms with E-state index in [4.69, 9.17) is 4.99 Å². The van der Waals surface area contributed by atoms with Gasteiger partial charge < -0.3 is 15.3 Å². The quantitative estimate of drug-likeness (QED) is 0.818. The van der Waals surface area contributed by atoms with Crippen molar-refractivity contribution >= 4 is 39.5 Å². The van der Waals surface area contributed by atoms with Gasteiger partial charge in [0.2, 0.25) is 0 Å². The Hall–Kier alpha value is -2.45. The van der Waals surface area contributed by atoms with E-state index in [1.54, 1.807) is 13.8 Å². The van der Waals surface area contributed by atoms with Crippen molar-refractivity contribution in [2.45, 2.75) is 13.8 Å². The fraction of sp³-hybridized carbons (Fsp3) is 0.400. The largest absolute Gasteiger partial charge is 0.481 e. The smallest absolute Gasteiger partial charge is 0.310 e. The first-order valence-electron chi connectivity index (χ1n) is 9.29. The van der Waals surface area contributed by atoms with Crippen molar-refractivity contribution in [3.63, 3.8) is 0 Å². The Balaban J connectivity index is 1.57. The fourth-order valence-electron chi connectivity index (χ4n) is 3.58. The summed E-state index contributed by atoms with van der Waals surface area (Å²) in [5, 5.41) is 13.2. The monoisotopic (exact) mass is 402 g/mol. The van der Waals surface area contributed by atoms with E-state index in [9.17, 15) is 14.3 Å². The molecular weight excluding hydrogens is 379 g/mol. The second kappa shape index (κ2) is 7.18. The lowest BCUT2D eigenvalue weighted by Gasteiger charge is -2.38. The van der Waals surface area contributed by atoms with E-state index in [1.165, 1.54) is 6.07 Å². The number of piperazine rings is 1. The molecular formula is C20H23FN4O2S. The lowest BCUT2D eigenvalue weighted by Crippen LogP contribution is -2.52. The lowest BCUT2D eigenvalue weighted by atomic mass is 9.93. The summed E-state index contributed by atoms with van der Waals surface area (Å²) in [6.45, 7) is 6.92. The second-order valence-corrected chi connectivity index (χ2v) is 8.83. The highest BCUT2D eigenvalue weighted by molar-refractivity contribution is 7.15. The third-order valence-electron chi connectivity index (χ3n) is 5.19. The topological polar surface area (TPSA) is 68.2 Å². The highest BCUT2D eigenvalue weighted by Crippen LogP contribution is 2.38. The number of aliphatic carboxylic acids is 1. The van der Waals surface area contributed by atoms with Crippen molar-refractivity contribution in [2.75, 3.05) is 38.0 Å². The van der Waals surface area contributed by atoms with Gasteiger partial charge in [-0.1, -0.05) is 23.5 Å². The Labute approximate surface area is 167 Å². The molecule has 8 heteroatoms. The molecule has 2 aliphatic heterocycles. The summed E-state index contributed by atoms with van der Waals surface area (Å²) in [7, 11) is 0. The molecule has 0 atom stereocenters. The molecule has 1 saturated heterocycles. The average molecular weight is 402 g/mol. The molecule has 2 aliphatic rings. The minimum atomic E-state index is -0.788. The first-order chi connectivity index (χ1) is 13.3. The van der Waals surface area contributed by atoms with Gasteiger partial charge in [-0.3, -0.25) is 9.69 Å². The Morgan fingerprint density at radius 3 is 2.71 bits per heavy atom. The van der Waals surface area contributed by atoms with Crippen LogP contribution in [0.3, 0.4) is 0 Å². The van der Waals surface area contributed by atoms with Gasteiger partial charge in [-0.2, -0.15) is 4.39 Å². The van der Waals surface area contributed by atoms with Crippen molar-refractivity contribution in [1.82, 2.24) is 9.80 Å². The second-order valence-electron chi connectivity index (χ2n) is 7.82. The van der Waals surface area contributed by atoms with E-state index >= 15 is 0 Å². The number of halogens is 1. The molecule has 3 heterocycles. The molecule has 4 rings (SSSR count). The normalized spacial score (nSPS) is 17.2. The lowest BCUT2D eigenvalue weighted by molar-refractivity contribution is -0.148. The molecule has 0 radical (unpaired) electrons. The summed E-state index contributed by atoms with van der Waals surface area (Å²) < 4.78 is 14.0. The summed E-state index contributed by atoms with van der Waals surface area (Å²) in [5.41, 5.74) is 1.69. The first kappa shape index (κ1) is 18.9. The predicted octanol–water partition coefficient (Wildman–Crippen LogP) is 3.75. The molecule has 148 valence electrons. The summed E-state index contributed by atoms with van der Waals surface area (Å²) in [6.07, 6.45) is 0. The Morgan fingerprint density at radius 1 is 1.29 bits per heavy atom. The van der Waals surface area contributed by atoms with Crippen LogP contribution in [0.4, 0.5) is 20.8 Å². The molecule has 0 amide bonds. The first-order valence-corrected chi connectivity index (χ1v) is 10.1. The number of para-hydroxylation sites is 2. The Kier molecular flexibility index (Phi) is 4.84. The van der Waals surface area contributed by atoms with Gasteiger partial charge in [-0.25, -0.2) is 4.99 Å². The van der Waals surface area contributed by atoms with Crippen LogP contribution in [-0.4, -0.2) is 59.4 Å². The van der Waals surface area contributed by atoms with E-state index in [0.717, 1.165) is 52.2 Å². The number of carbonyl (C=O) groups is 1. The number of thiophene rings is 1. The number of aliphatic imine (C=N–C) groups is 1. The van der Waals surface area contributed by atoms with Crippen molar-refractivity contribution in [3.05, 3.63) is 41.0 Å². The van der Waals surface area contributed by atoms with Crippen molar-refractivity contribution < 1.29 is 14.3 Å². The Morgan fingerprint density at radius 2 is 2.00 bits per heavy atom. The zero-order valence-electron chi connectivity index (χ0n) is 15.9. The number of hydrogen-bond acceptors (Lipinski definition) is 6. The van der Waals surface area contributed by atoms with Gasteiger partial charge in [0.25, 0.3) is 0 Å². The molecule has 0 unspecified atom stereocenters. The van der Waals surface area contributed by atoms with E-state index in [-0.39, 0.29) is 5.13 Å². The van der Waals surface area contributed by atoms with Crippen LogP contribution in [0.25, 0.3) is 0 Å².